The third kappa shape index (κ3) is 8.84. The van der Waals surface area contributed by atoms with Gasteiger partial charge in [-0.15, -0.1) is 41.7 Å². The minimum Gasteiger partial charge on any atom is -0.457 e. The zero-order valence-electron chi connectivity index (χ0n) is 27.0. The van der Waals surface area contributed by atoms with Gasteiger partial charge in [-0.25, -0.2) is 0 Å². The molecule has 0 saturated carbocycles. The quantitative estimate of drug-likeness (QED) is 0.0765. The molecular weight excluding hydrogens is 986 g/mol. The predicted molar refractivity (Wildman–Crippen MR) is 190 cm³/mol. The first kappa shape index (κ1) is 37.5. The third-order valence-corrected chi connectivity index (χ3v) is 7.34. The summed E-state index contributed by atoms with van der Waals surface area (Å²) in [4.78, 5) is 8.54. The predicted octanol–water partition coefficient (Wildman–Crippen LogP) is 9.20. The van der Waals surface area contributed by atoms with Crippen molar-refractivity contribution in [1.29, 1.82) is 0 Å². The van der Waals surface area contributed by atoms with Crippen molar-refractivity contribution >= 4 is 39.0 Å². The smallest absolute Gasteiger partial charge is 0.135 e. The first-order valence-electron chi connectivity index (χ1n) is 15.0. The summed E-state index contributed by atoms with van der Waals surface area (Å²) < 4.78 is 14.8. The number of aromatic nitrogens is 4. The van der Waals surface area contributed by atoms with Crippen LogP contribution in [0.15, 0.2) is 137 Å². The Morgan fingerprint density at radius 2 is 1.30 bits per heavy atom. The van der Waals surface area contributed by atoms with Crippen LogP contribution in [0.2, 0.25) is 0 Å². The summed E-state index contributed by atoms with van der Waals surface area (Å²) in [6.07, 6.45) is 27.1. The zero-order chi connectivity index (χ0) is 33.5. The molecule has 4 aromatic carbocycles. The van der Waals surface area contributed by atoms with E-state index in [1.165, 1.54) is 0 Å². The summed E-state index contributed by atoms with van der Waals surface area (Å²) in [5, 5.41) is 3.20. The van der Waals surface area contributed by atoms with Gasteiger partial charge in [0.15, 0.2) is 0 Å². The number of benzene rings is 4. The van der Waals surface area contributed by atoms with Crippen molar-refractivity contribution in [2.75, 3.05) is 0 Å². The molecule has 2 radical (unpaired) electrons. The van der Waals surface area contributed by atoms with E-state index < -0.39 is 0 Å². The Labute approximate surface area is 322 Å². The number of para-hydroxylation sites is 2. The summed E-state index contributed by atoms with van der Waals surface area (Å²) in [7, 11) is 3.82. The first-order valence-corrected chi connectivity index (χ1v) is 15.0. The van der Waals surface area contributed by atoms with Gasteiger partial charge in [-0.1, -0.05) is 83.2 Å². The Bertz CT molecular complexity index is 2410. The summed E-state index contributed by atoms with van der Waals surface area (Å²) >= 11 is 0. The second kappa shape index (κ2) is 17.4. The Morgan fingerprint density at radius 1 is 0.720 bits per heavy atom. The molecule has 0 N–H and O–H groups in total. The van der Waals surface area contributed by atoms with Gasteiger partial charge in [-0.3, -0.25) is 11.8 Å². The Hall–Kier alpha value is -5.28. The summed E-state index contributed by atoms with van der Waals surface area (Å²) in [5.74, 6) is 5.33. The van der Waals surface area contributed by atoms with Gasteiger partial charge in [0.25, 0.3) is 0 Å². The van der Waals surface area contributed by atoms with E-state index in [1.807, 2.05) is 133 Å². The van der Waals surface area contributed by atoms with Crippen molar-refractivity contribution in [3.8, 4) is 34.4 Å². The van der Waals surface area contributed by atoms with Gasteiger partial charge in [0.1, 0.15) is 22.5 Å². The molecule has 0 aliphatic rings. The number of hydrogen-bond donors (Lipinski definition) is 0. The summed E-state index contributed by atoms with van der Waals surface area (Å²) in [6, 6.07) is 31.4. The number of hydrogen-bond acceptors (Lipinski definition) is 4. The van der Waals surface area contributed by atoms with E-state index in [0.717, 1.165) is 66.7 Å². The fourth-order valence-electron chi connectivity index (χ4n) is 5.05. The van der Waals surface area contributed by atoms with Gasteiger partial charge in [-0.2, -0.15) is 6.58 Å². The van der Waals surface area contributed by atoms with Gasteiger partial charge in [0.2, 0.25) is 0 Å². The molecule has 254 valence electrons. The molecule has 50 heavy (non-hydrogen) atoms. The molecule has 0 unspecified atom stereocenters. The molecule has 0 bridgehead atoms. The fraction of sp³-hybridized carbons (Fsp3) is 0.0476. The largest absolute Gasteiger partial charge is 0.457 e. The van der Waals surface area contributed by atoms with Crippen LogP contribution in [-0.2, 0) is 58.9 Å². The van der Waals surface area contributed by atoms with E-state index in [-0.39, 0.29) is 44.8 Å². The molecule has 0 aliphatic carbocycles. The zero-order valence-corrected chi connectivity index (χ0v) is 31.3. The number of allylic oxidation sites excluding steroid dienone is 2. The van der Waals surface area contributed by atoms with Crippen LogP contribution in [0.1, 0.15) is 11.3 Å². The molecule has 0 aliphatic heterocycles. The van der Waals surface area contributed by atoms with Gasteiger partial charge in [-0.05, 0) is 44.4 Å². The van der Waals surface area contributed by atoms with Crippen LogP contribution < -0.4 is 0 Å². The molecule has 0 spiro atoms. The van der Waals surface area contributed by atoms with E-state index in [4.69, 9.17) is 21.7 Å². The van der Waals surface area contributed by atoms with E-state index in [2.05, 4.69) is 41.0 Å². The number of nitrogens with zero attached hydrogens (tertiary/aromatic N) is 4. The second-order valence-electron chi connectivity index (χ2n) is 10.8. The van der Waals surface area contributed by atoms with Gasteiger partial charge in [0, 0.05) is 73.6 Å². The Morgan fingerprint density at radius 3 is 1.88 bits per heavy atom. The van der Waals surface area contributed by atoms with Gasteiger partial charge >= 0.3 is 0 Å². The molecule has 6 nitrogen and oxygen atoms in total. The standard InChI is InChI=1S/C14H12N4.C14H7O.C14H9O.2Au/c1-17-7-13(15-9-17)11-5-3-4-6-12(11)14-8-18(2)10-16-14;1-2-10-7-8-14-12(9-10)11-5-3-4-6-13(11)15-14;1-3-11(2)8-9-13-10-12-6-4-5-7-14(12)15-13;;/h3-8H,1-2H3;3-9H;4-10H,2H2;;/q-2;2*-1;;/b;;9-8-;;. The van der Waals surface area contributed by atoms with Crippen LogP contribution in [0.5, 0.6) is 0 Å². The monoisotopic (exact) mass is 1010 g/mol. The molecule has 4 aromatic heterocycles. The van der Waals surface area contributed by atoms with Crippen molar-refractivity contribution < 1.29 is 53.6 Å². The van der Waals surface area contributed by atoms with E-state index in [0.29, 0.717) is 5.57 Å². The maximum Gasteiger partial charge on any atom is 0.135 e. The first-order chi connectivity index (χ1) is 23.4. The topological polar surface area (TPSA) is 61.9 Å². The maximum atomic E-state index is 7.10. The molecule has 8 aromatic rings. The van der Waals surface area contributed by atoms with Crippen LogP contribution in [0, 0.1) is 37.3 Å². The minimum atomic E-state index is 0. The molecule has 4 heterocycles. The minimum absolute atomic E-state index is 0. The van der Waals surface area contributed by atoms with Crippen LogP contribution in [0.3, 0.4) is 0 Å². The molecule has 0 atom stereocenters. The average molecular weight is 1010 g/mol. The Kier molecular flexibility index (Phi) is 13.1. The van der Waals surface area contributed by atoms with Crippen LogP contribution in [-0.4, -0.2) is 19.1 Å². The van der Waals surface area contributed by atoms with Crippen LogP contribution in [0.25, 0.3) is 61.5 Å². The molecule has 0 saturated heterocycles. The van der Waals surface area contributed by atoms with Gasteiger partial charge < -0.3 is 40.8 Å². The molecule has 8 rings (SSSR count). The molecular formula is C42H28Au2N4O2-4. The molecule has 0 fully saturated rings. The maximum absolute atomic E-state index is 7.10. The molecule has 0 amide bonds. The van der Waals surface area contributed by atoms with Crippen molar-refractivity contribution in [1.82, 2.24) is 19.1 Å². The van der Waals surface area contributed by atoms with E-state index in [9.17, 15) is 0 Å². The fourth-order valence-corrected chi connectivity index (χ4v) is 5.05. The normalized spacial score (nSPS) is 10.2. The van der Waals surface area contributed by atoms with Crippen molar-refractivity contribution in [2.45, 2.75) is 0 Å². The Balaban J connectivity index is 0.000000166. The summed E-state index contributed by atoms with van der Waals surface area (Å²) in [5.41, 5.74) is 7.82. The number of aryl methyl sites for hydroxylation is 2. The van der Waals surface area contributed by atoms with Crippen molar-refractivity contribution in [3.63, 3.8) is 0 Å². The summed E-state index contributed by atoms with van der Waals surface area (Å²) in [6.45, 7) is 3.62. The van der Waals surface area contributed by atoms with Crippen LogP contribution in [0.4, 0.5) is 0 Å². The second-order valence-corrected chi connectivity index (χ2v) is 10.8. The van der Waals surface area contributed by atoms with Gasteiger partial charge in [0.05, 0.1) is 0 Å². The van der Waals surface area contributed by atoms with Crippen LogP contribution >= 0.6 is 0 Å². The average Bonchev–Trinajstić information content (AvgIpc) is 3.93. The third-order valence-electron chi connectivity index (χ3n) is 7.34. The number of furan rings is 2. The number of rotatable bonds is 4. The van der Waals surface area contributed by atoms with E-state index >= 15 is 0 Å². The van der Waals surface area contributed by atoms with Crippen molar-refractivity contribution in [3.05, 3.63) is 165 Å². The number of imidazole rings is 2. The van der Waals surface area contributed by atoms with E-state index in [1.54, 1.807) is 12.2 Å². The van der Waals surface area contributed by atoms with Crippen molar-refractivity contribution in [2.24, 2.45) is 14.1 Å². The SMILES string of the molecule is Cn1[c-]nc(-c2ccccc2-c2cn(C)[c-]n2)c1.[Au].[Au].[C-]#CC(=C)/C=C\c1cc2ccccc2o1.[C-]#Cc1ccc2oc3ccccc3c2c1. The number of fused-ring (bicyclic) bond motifs is 4. The molecule has 8 heteroatoms.